The van der Waals surface area contributed by atoms with Gasteiger partial charge in [0.15, 0.2) is 0 Å². The van der Waals surface area contributed by atoms with Crippen molar-refractivity contribution in [3.05, 3.63) is 11.8 Å². The summed E-state index contributed by atoms with van der Waals surface area (Å²) in [6.07, 6.45) is 6.19. The van der Waals surface area contributed by atoms with Crippen molar-refractivity contribution in [2.75, 3.05) is 18.5 Å². The number of amides is 2. The number of carbonyl (C=O) groups excluding carboxylic acids is 1. The number of ether oxygens (including phenoxy) is 1. The van der Waals surface area contributed by atoms with Gasteiger partial charge in [-0.3, -0.25) is 5.32 Å². The Morgan fingerprint density at radius 2 is 1.88 bits per heavy atom. The number of nitrogens with one attached hydrogen (secondary N) is 2. The highest BCUT2D eigenvalue weighted by molar-refractivity contribution is 5.88. The van der Waals surface area contributed by atoms with Crippen LogP contribution < -0.4 is 10.6 Å². The number of anilines is 1. The summed E-state index contributed by atoms with van der Waals surface area (Å²) in [6, 6.07) is 1.77. The fourth-order valence-corrected chi connectivity index (χ4v) is 3.09. The molecule has 0 aliphatic heterocycles. The first kappa shape index (κ1) is 20.7. The number of rotatable bonds is 6. The van der Waals surface area contributed by atoms with Crippen molar-refractivity contribution >= 4 is 11.8 Å². The van der Waals surface area contributed by atoms with Gasteiger partial charge < -0.3 is 10.1 Å². The lowest BCUT2D eigenvalue weighted by Gasteiger charge is -2.23. The quantitative estimate of drug-likeness (QED) is 0.735. The number of aromatic nitrogens is 2. The Hall–Kier alpha value is -1.56. The number of hydrogen-bond donors (Lipinski definition) is 2. The van der Waals surface area contributed by atoms with E-state index in [1.165, 1.54) is 25.7 Å². The smallest absolute Gasteiger partial charge is 0.320 e. The Balaban J connectivity index is 1.84. The SMILES string of the molecule is CC(C)(C)c1cc(NC(=O)NCCCOC2CCCC2)n(C(C)(C)C)n1. The predicted molar refractivity (Wildman–Crippen MR) is 106 cm³/mol. The Morgan fingerprint density at radius 1 is 1.23 bits per heavy atom. The van der Waals surface area contributed by atoms with Gasteiger partial charge in [-0.1, -0.05) is 33.6 Å². The normalized spacial score (nSPS) is 16.1. The third-order valence-corrected chi connectivity index (χ3v) is 4.62. The first-order valence-corrected chi connectivity index (χ1v) is 9.85. The second-order valence-electron chi connectivity index (χ2n) is 9.26. The highest BCUT2D eigenvalue weighted by Crippen LogP contribution is 2.28. The monoisotopic (exact) mass is 364 g/mol. The molecule has 0 radical (unpaired) electrons. The highest BCUT2D eigenvalue weighted by atomic mass is 16.5. The number of carbonyl (C=O) groups is 1. The van der Waals surface area contributed by atoms with Crippen molar-refractivity contribution < 1.29 is 9.53 Å². The number of urea groups is 1. The van der Waals surface area contributed by atoms with Crippen LogP contribution in [-0.2, 0) is 15.7 Å². The van der Waals surface area contributed by atoms with Crippen LogP contribution >= 0.6 is 0 Å². The van der Waals surface area contributed by atoms with Gasteiger partial charge in [-0.15, -0.1) is 0 Å². The van der Waals surface area contributed by atoms with Crippen LogP contribution in [-0.4, -0.2) is 35.1 Å². The van der Waals surface area contributed by atoms with Crippen molar-refractivity contribution in [2.45, 2.75) is 90.7 Å². The van der Waals surface area contributed by atoms with Crippen molar-refractivity contribution in [3.8, 4) is 0 Å². The Bertz CT molecular complexity index is 590. The molecule has 6 heteroatoms. The van der Waals surface area contributed by atoms with Crippen molar-refractivity contribution in [3.63, 3.8) is 0 Å². The molecule has 148 valence electrons. The molecule has 1 aromatic heterocycles. The third-order valence-electron chi connectivity index (χ3n) is 4.62. The maximum atomic E-state index is 12.3. The molecule has 1 saturated carbocycles. The maximum absolute atomic E-state index is 12.3. The molecular weight excluding hydrogens is 328 g/mol. The molecule has 2 rings (SSSR count). The zero-order chi connectivity index (χ0) is 19.4. The van der Waals surface area contributed by atoms with Gasteiger partial charge >= 0.3 is 6.03 Å². The van der Waals surface area contributed by atoms with Gasteiger partial charge in [0.25, 0.3) is 0 Å². The van der Waals surface area contributed by atoms with E-state index in [0.29, 0.717) is 19.3 Å². The highest BCUT2D eigenvalue weighted by Gasteiger charge is 2.25. The fourth-order valence-electron chi connectivity index (χ4n) is 3.09. The minimum atomic E-state index is -0.207. The van der Waals surface area contributed by atoms with Gasteiger partial charge in [-0.05, 0) is 40.0 Å². The lowest BCUT2D eigenvalue weighted by Crippen LogP contribution is -2.33. The van der Waals surface area contributed by atoms with Crippen molar-refractivity contribution in [2.24, 2.45) is 0 Å². The first-order valence-electron chi connectivity index (χ1n) is 9.85. The molecule has 26 heavy (non-hydrogen) atoms. The van der Waals surface area contributed by atoms with E-state index in [2.05, 4.69) is 52.2 Å². The van der Waals surface area contributed by atoms with E-state index in [0.717, 1.165) is 17.9 Å². The van der Waals surface area contributed by atoms with Crippen LogP contribution in [0.5, 0.6) is 0 Å². The lowest BCUT2D eigenvalue weighted by atomic mass is 9.92. The summed E-state index contributed by atoms with van der Waals surface area (Å²) in [7, 11) is 0. The molecular formula is C20H36N4O2. The van der Waals surface area contributed by atoms with E-state index in [9.17, 15) is 4.79 Å². The zero-order valence-electron chi connectivity index (χ0n) is 17.3. The zero-order valence-corrected chi connectivity index (χ0v) is 17.3. The Labute approximate surface area is 158 Å². The van der Waals surface area contributed by atoms with Gasteiger partial charge in [0.1, 0.15) is 5.82 Å². The predicted octanol–water partition coefficient (Wildman–Crippen LogP) is 4.41. The van der Waals surface area contributed by atoms with E-state index >= 15 is 0 Å². The second kappa shape index (κ2) is 8.42. The standard InChI is InChI=1S/C20H36N4O2/c1-19(2,3)16-14-17(24(23-16)20(4,5)6)22-18(25)21-12-9-13-26-15-10-7-8-11-15/h14-15H,7-13H2,1-6H3,(H2,21,22,25). The maximum Gasteiger partial charge on any atom is 0.320 e. The van der Waals surface area contributed by atoms with Crippen LogP contribution in [0.25, 0.3) is 0 Å². The number of nitrogens with zero attached hydrogens (tertiary/aromatic N) is 2. The van der Waals surface area contributed by atoms with Crippen LogP contribution in [0.1, 0.15) is 79.3 Å². The van der Waals surface area contributed by atoms with Crippen molar-refractivity contribution in [1.82, 2.24) is 15.1 Å². The first-order chi connectivity index (χ1) is 12.1. The minimum Gasteiger partial charge on any atom is -0.378 e. The van der Waals surface area contributed by atoms with Gasteiger partial charge in [-0.2, -0.15) is 5.10 Å². The average Bonchev–Trinajstić information content (AvgIpc) is 3.14. The summed E-state index contributed by atoms with van der Waals surface area (Å²) in [5.41, 5.74) is 0.690. The van der Waals surface area contributed by atoms with Crippen LogP contribution in [0.4, 0.5) is 10.6 Å². The van der Waals surface area contributed by atoms with E-state index in [1.807, 2.05) is 10.7 Å². The molecule has 0 aromatic carbocycles. The number of hydrogen-bond acceptors (Lipinski definition) is 3. The molecule has 0 spiro atoms. The third kappa shape index (κ3) is 6.01. The van der Waals surface area contributed by atoms with E-state index in [1.54, 1.807) is 0 Å². The second-order valence-corrected chi connectivity index (χ2v) is 9.26. The Kier molecular flexibility index (Phi) is 6.72. The largest absolute Gasteiger partial charge is 0.378 e. The van der Waals surface area contributed by atoms with Gasteiger partial charge in [0, 0.05) is 24.6 Å². The summed E-state index contributed by atoms with van der Waals surface area (Å²) in [4.78, 5) is 12.3. The van der Waals surface area contributed by atoms with E-state index < -0.39 is 0 Å². The molecule has 0 saturated heterocycles. The van der Waals surface area contributed by atoms with Crippen LogP contribution in [0.3, 0.4) is 0 Å². The molecule has 1 fully saturated rings. The van der Waals surface area contributed by atoms with E-state index in [4.69, 9.17) is 9.84 Å². The molecule has 2 amide bonds. The summed E-state index contributed by atoms with van der Waals surface area (Å²) in [5, 5.41) is 10.6. The molecule has 2 N–H and O–H groups in total. The topological polar surface area (TPSA) is 68.2 Å². The van der Waals surface area contributed by atoms with Crippen LogP contribution in [0.2, 0.25) is 0 Å². The molecule has 1 aliphatic carbocycles. The molecule has 0 unspecified atom stereocenters. The fraction of sp³-hybridized carbons (Fsp3) is 0.800. The van der Waals surface area contributed by atoms with Crippen LogP contribution in [0.15, 0.2) is 6.07 Å². The summed E-state index contributed by atoms with van der Waals surface area (Å²) < 4.78 is 7.71. The molecule has 1 aliphatic rings. The molecule has 1 aromatic rings. The summed E-state index contributed by atoms with van der Waals surface area (Å²) in [5.74, 6) is 0.724. The summed E-state index contributed by atoms with van der Waals surface area (Å²) in [6.45, 7) is 13.9. The van der Waals surface area contributed by atoms with E-state index in [-0.39, 0.29) is 17.0 Å². The van der Waals surface area contributed by atoms with Crippen LogP contribution in [0, 0.1) is 0 Å². The molecule has 1 heterocycles. The summed E-state index contributed by atoms with van der Waals surface area (Å²) >= 11 is 0. The minimum absolute atomic E-state index is 0.0685. The van der Waals surface area contributed by atoms with Gasteiger partial charge in [0.2, 0.25) is 0 Å². The van der Waals surface area contributed by atoms with Gasteiger partial charge in [-0.25, -0.2) is 9.48 Å². The Morgan fingerprint density at radius 3 is 2.46 bits per heavy atom. The van der Waals surface area contributed by atoms with Crippen molar-refractivity contribution in [1.29, 1.82) is 0 Å². The average molecular weight is 365 g/mol. The molecule has 6 nitrogen and oxygen atoms in total. The molecule has 0 atom stereocenters. The lowest BCUT2D eigenvalue weighted by molar-refractivity contribution is 0.0572. The van der Waals surface area contributed by atoms with Gasteiger partial charge in [0.05, 0.1) is 17.3 Å². The molecule has 0 bridgehead atoms.